The topological polar surface area (TPSA) is 9.23 Å². The fourth-order valence-electron chi connectivity index (χ4n) is 1.03. The fourth-order valence-corrected chi connectivity index (χ4v) is 1.03. The van der Waals surface area contributed by atoms with Crippen molar-refractivity contribution >= 4 is 7.28 Å². The SMILES string of the molecule is C[B]C1CCCCO1. The van der Waals surface area contributed by atoms with Gasteiger partial charge in [-0.1, -0.05) is 6.82 Å². The van der Waals surface area contributed by atoms with Crippen molar-refractivity contribution in [1.29, 1.82) is 0 Å². The van der Waals surface area contributed by atoms with Crippen molar-refractivity contribution in [1.82, 2.24) is 0 Å². The molecule has 0 bridgehead atoms. The van der Waals surface area contributed by atoms with E-state index in [1.165, 1.54) is 19.3 Å². The van der Waals surface area contributed by atoms with Gasteiger partial charge in [0.2, 0.25) is 0 Å². The van der Waals surface area contributed by atoms with E-state index in [2.05, 4.69) is 14.1 Å². The lowest BCUT2D eigenvalue weighted by molar-refractivity contribution is 0.0655. The number of ether oxygens (including phenoxy) is 1. The Morgan fingerprint density at radius 1 is 1.50 bits per heavy atom. The second-order valence-corrected chi connectivity index (χ2v) is 2.24. The molecule has 2 heteroatoms. The molecule has 1 saturated heterocycles. The molecule has 8 heavy (non-hydrogen) atoms. The normalized spacial score (nSPS) is 29.9. The summed E-state index contributed by atoms with van der Waals surface area (Å²) < 4.78 is 5.37. The molecule has 0 aromatic heterocycles. The molecule has 1 atom stereocenters. The first kappa shape index (κ1) is 6.15. The number of hydrogen-bond donors (Lipinski definition) is 0. The first-order chi connectivity index (χ1) is 3.93. The van der Waals surface area contributed by atoms with Gasteiger partial charge in [-0.15, -0.1) is 0 Å². The van der Waals surface area contributed by atoms with E-state index in [9.17, 15) is 0 Å². The molecule has 1 fully saturated rings. The van der Waals surface area contributed by atoms with Crippen LogP contribution < -0.4 is 0 Å². The summed E-state index contributed by atoms with van der Waals surface area (Å²) in [5, 5.41) is 0. The molecular formula is C6H12BO. The molecule has 1 unspecified atom stereocenters. The molecule has 1 rings (SSSR count). The minimum absolute atomic E-state index is 0.462. The molecule has 1 radical (unpaired) electrons. The molecule has 0 aliphatic carbocycles. The van der Waals surface area contributed by atoms with Gasteiger partial charge >= 0.3 is 0 Å². The Labute approximate surface area is 51.7 Å². The van der Waals surface area contributed by atoms with Crippen LogP contribution in [0.4, 0.5) is 0 Å². The van der Waals surface area contributed by atoms with Gasteiger partial charge in [-0.2, -0.15) is 0 Å². The minimum atomic E-state index is 0.462. The number of hydrogen-bond acceptors (Lipinski definition) is 1. The van der Waals surface area contributed by atoms with Gasteiger partial charge in [-0.3, -0.25) is 0 Å². The van der Waals surface area contributed by atoms with Gasteiger partial charge in [0.25, 0.3) is 0 Å². The number of rotatable bonds is 1. The van der Waals surface area contributed by atoms with E-state index in [1.54, 1.807) is 0 Å². The first-order valence-electron chi connectivity index (χ1n) is 3.34. The Bertz CT molecular complexity index is 59.5. The third-order valence-electron chi connectivity index (χ3n) is 1.59. The van der Waals surface area contributed by atoms with Crippen molar-refractivity contribution in [2.75, 3.05) is 6.61 Å². The summed E-state index contributed by atoms with van der Waals surface area (Å²) in [6, 6.07) is 0.462. The summed E-state index contributed by atoms with van der Waals surface area (Å²) in [5.74, 6) is 0. The van der Waals surface area contributed by atoms with Gasteiger partial charge in [-0.25, -0.2) is 0 Å². The molecule has 0 aromatic carbocycles. The standard InChI is InChI=1S/C6H12BO/c1-7-6-4-2-3-5-8-6/h6H,2-5H2,1H3. The van der Waals surface area contributed by atoms with Crippen LogP contribution in [0.2, 0.25) is 6.82 Å². The summed E-state index contributed by atoms with van der Waals surface area (Å²) in [5.41, 5.74) is 0. The Kier molecular flexibility index (Phi) is 2.41. The third kappa shape index (κ3) is 1.51. The second-order valence-electron chi connectivity index (χ2n) is 2.24. The minimum Gasteiger partial charge on any atom is -0.387 e. The molecule has 1 aliphatic rings. The van der Waals surface area contributed by atoms with Crippen molar-refractivity contribution in [3.8, 4) is 0 Å². The van der Waals surface area contributed by atoms with Crippen molar-refractivity contribution in [2.45, 2.75) is 32.1 Å². The lowest BCUT2D eigenvalue weighted by atomic mass is 9.72. The van der Waals surface area contributed by atoms with Crippen molar-refractivity contribution in [3.63, 3.8) is 0 Å². The highest BCUT2D eigenvalue weighted by Gasteiger charge is 2.10. The van der Waals surface area contributed by atoms with Gasteiger partial charge < -0.3 is 4.74 Å². The molecule has 0 aromatic rings. The molecule has 0 amide bonds. The molecule has 45 valence electrons. The van der Waals surface area contributed by atoms with E-state index in [0.717, 1.165) is 6.61 Å². The molecule has 0 N–H and O–H groups in total. The first-order valence-corrected chi connectivity index (χ1v) is 3.34. The maximum atomic E-state index is 5.37. The molecule has 0 spiro atoms. The molecule has 1 nitrogen and oxygen atoms in total. The van der Waals surface area contributed by atoms with Crippen LogP contribution in [0.5, 0.6) is 0 Å². The van der Waals surface area contributed by atoms with Gasteiger partial charge in [0.05, 0.1) is 0 Å². The predicted molar refractivity (Wildman–Crippen MR) is 35.2 cm³/mol. The van der Waals surface area contributed by atoms with Crippen LogP contribution >= 0.6 is 0 Å². The highest BCUT2D eigenvalue weighted by atomic mass is 16.5. The Balaban J connectivity index is 2.13. The highest BCUT2D eigenvalue weighted by Crippen LogP contribution is 2.10. The Morgan fingerprint density at radius 2 is 2.38 bits per heavy atom. The van der Waals surface area contributed by atoms with E-state index < -0.39 is 0 Å². The van der Waals surface area contributed by atoms with E-state index in [1.807, 2.05) is 0 Å². The predicted octanol–water partition coefficient (Wildman–Crippen LogP) is 1.27. The van der Waals surface area contributed by atoms with Crippen LogP contribution in [0.3, 0.4) is 0 Å². The fraction of sp³-hybridized carbons (Fsp3) is 1.00. The monoisotopic (exact) mass is 111 g/mol. The van der Waals surface area contributed by atoms with E-state index in [0.29, 0.717) is 6.00 Å². The zero-order chi connectivity index (χ0) is 5.82. The van der Waals surface area contributed by atoms with Crippen LogP contribution in [-0.4, -0.2) is 19.9 Å². The smallest absolute Gasteiger partial charge is 0.146 e. The molecule has 1 aliphatic heterocycles. The Hall–Kier alpha value is 0.0249. The van der Waals surface area contributed by atoms with Crippen molar-refractivity contribution < 1.29 is 4.74 Å². The van der Waals surface area contributed by atoms with E-state index in [-0.39, 0.29) is 0 Å². The summed E-state index contributed by atoms with van der Waals surface area (Å²) in [6.45, 7) is 3.03. The maximum absolute atomic E-state index is 5.37. The average Bonchev–Trinajstić information content (AvgIpc) is 1.90. The summed E-state index contributed by atoms with van der Waals surface area (Å²) >= 11 is 0. The van der Waals surface area contributed by atoms with Gasteiger partial charge in [0.15, 0.2) is 0 Å². The Morgan fingerprint density at radius 3 is 2.75 bits per heavy atom. The zero-order valence-electron chi connectivity index (χ0n) is 5.39. The van der Waals surface area contributed by atoms with Crippen molar-refractivity contribution in [2.24, 2.45) is 0 Å². The van der Waals surface area contributed by atoms with Crippen LogP contribution in [-0.2, 0) is 4.74 Å². The maximum Gasteiger partial charge on any atom is 0.146 e. The van der Waals surface area contributed by atoms with Crippen LogP contribution in [0.25, 0.3) is 0 Å². The summed E-state index contributed by atoms with van der Waals surface area (Å²) in [6.07, 6.45) is 3.83. The highest BCUT2D eigenvalue weighted by molar-refractivity contribution is 6.35. The van der Waals surface area contributed by atoms with Crippen LogP contribution in [0.1, 0.15) is 19.3 Å². The lowest BCUT2D eigenvalue weighted by Crippen LogP contribution is -2.23. The van der Waals surface area contributed by atoms with Gasteiger partial charge in [0.1, 0.15) is 7.28 Å². The summed E-state index contributed by atoms with van der Waals surface area (Å²) in [4.78, 5) is 0. The van der Waals surface area contributed by atoms with Crippen LogP contribution in [0, 0.1) is 0 Å². The molecule has 1 heterocycles. The zero-order valence-corrected chi connectivity index (χ0v) is 5.39. The van der Waals surface area contributed by atoms with Gasteiger partial charge in [-0.05, 0) is 19.3 Å². The second kappa shape index (κ2) is 3.13. The van der Waals surface area contributed by atoms with Gasteiger partial charge in [0, 0.05) is 12.6 Å². The molecular weight excluding hydrogens is 98.9 g/mol. The van der Waals surface area contributed by atoms with Crippen molar-refractivity contribution in [3.05, 3.63) is 0 Å². The molecule has 0 saturated carbocycles. The average molecular weight is 111 g/mol. The van der Waals surface area contributed by atoms with Crippen LogP contribution in [0.15, 0.2) is 0 Å². The van der Waals surface area contributed by atoms with E-state index >= 15 is 0 Å². The van der Waals surface area contributed by atoms with E-state index in [4.69, 9.17) is 4.74 Å². The lowest BCUT2D eigenvalue weighted by Gasteiger charge is -2.20. The summed E-state index contributed by atoms with van der Waals surface area (Å²) in [7, 11) is 2.14. The third-order valence-corrected chi connectivity index (χ3v) is 1.59. The quantitative estimate of drug-likeness (QED) is 0.463. The largest absolute Gasteiger partial charge is 0.387 e.